The topological polar surface area (TPSA) is 69.1 Å². The van der Waals surface area contributed by atoms with Crippen LogP contribution in [0, 0.1) is 18.6 Å². The summed E-state index contributed by atoms with van der Waals surface area (Å²) in [6.07, 6.45) is 1.13. The molecule has 1 saturated heterocycles. The Kier molecular flexibility index (Phi) is 6.12. The summed E-state index contributed by atoms with van der Waals surface area (Å²) < 4.78 is 34.1. The molecule has 2 aliphatic heterocycles. The Hall–Kier alpha value is -3.04. The van der Waals surface area contributed by atoms with E-state index in [1.54, 1.807) is 24.8 Å². The van der Waals surface area contributed by atoms with Gasteiger partial charge in [-0.3, -0.25) is 0 Å². The predicted octanol–water partition coefficient (Wildman–Crippen LogP) is 3.05. The number of piperazine rings is 1. The molecule has 0 aliphatic carbocycles. The molecule has 4 rings (SSSR count). The van der Waals surface area contributed by atoms with E-state index in [1.165, 1.54) is 18.3 Å². The van der Waals surface area contributed by atoms with Crippen LogP contribution in [0.1, 0.15) is 24.2 Å². The van der Waals surface area contributed by atoms with Crippen molar-refractivity contribution < 1.29 is 23.4 Å². The molecule has 1 aromatic heterocycles. The van der Waals surface area contributed by atoms with Crippen molar-refractivity contribution >= 4 is 23.2 Å². The number of fused-ring (bicyclic) bond motifs is 1. The van der Waals surface area contributed by atoms with Crippen molar-refractivity contribution in [1.29, 1.82) is 0 Å². The number of esters is 1. The highest BCUT2D eigenvalue weighted by Crippen LogP contribution is 2.45. The number of anilines is 3. The van der Waals surface area contributed by atoms with Crippen LogP contribution in [0.3, 0.4) is 0 Å². The van der Waals surface area contributed by atoms with Crippen LogP contribution in [0.15, 0.2) is 36.2 Å². The van der Waals surface area contributed by atoms with Gasteiger partial charge in [0.15, 0.2) is 0 Å². The quantitative estimate of drug-likeness (QED) is 0.727. The zero-order chi connectivity index (χ0) is 23.0. The minimum Gasteiger partial charge on any atom is -0.463 e. The summed E-state index contributed by atoms with van der Waals surface area (Å²) in [5.74, 6) is -1.32. The number of ether oxygens (including phenoxy) is 1. The number of aromatic nitrogens is 1. The highest BCUT2D eigenvalue weighted by Gasteiger charge is 2.35. The van der Waals surface area contributed by atoms with Crippen LogP contribution in [0.2, 0.25) is 0 Å². The number of carbonyl (C=O) groups is 1. The average molecular weight is 444 g/mol. The number of rotatable bonds is 4. The number of nitrogens with zero attached hydrogens (tertiary/aromatic N) is 4. The van der Waals surface area contributed by atoms with Gasteiger partial charge in [-0.1, -0.05) is 0 Å². The van der Waals surface area contributed by atoms with Crippen LogP contribution >= 0.6 is 0 Å². The van der Waals surface area contributed by atoms with Crippen LogP contribution < -0.4 is 9.80 Å². The highest BCUT2D eigenvalue weighted by molar-refractivity contribution is 5.94. The Morgan fingerprint density at radius 1 is 1.22 bits per heavy atom. The summed E-state index contributed by atoms with van der Waals surface area (Å²) in [6, 6.07) is 4.38. The number of halogens is 2. The smallest absolute Gasteiger partial charge is 0.338 e. The molecular formula is C23H26F2N4O3. The van der Waals surface area contributed by atoms with Crippen molar-refractivity contribution in [3.63, 3.8) is 0 Å². The van der Waals surface area contributed by atoms with E-state index in [-0.39, 0.29) is 23.3 Å². The van der Waals surface area contributed by atoms with E-state index < -0.39 is 23.7 Å². The Morgan fingerprint density at radius 2 is 1.94 bits per heavy atom. The maximum Gasteiger partial charge on any atom is 0.338 e. The van der Waals surface area contributed by atoms with Crippen LogP contribution in [0.5, 0.6) is 0 Å². The molecule has 0 radical (unpaired) electrons. The van der Waals surface area contributed by atoms with Gasteiger partial charge in [0, 0.05) is 37.9 Å². The van der Waals surface area contributed by atoms with E-state index in [4.69, 9.17) is 4.74 Å². The molecule has 2 aliphatic rings. The van der Waals surface area contributed by atoms with Gasteiger partial charge < -0.3 is 24.5 Å². The number of hydrogen-bond donors (Lipinski definition) is 1. The Morgan fingerprint density at radius 3 is 2.56 bits per heavy atom. The lowest BCUT2D eigenvalue weighted by Gasteiger charge is -2.37. The van der Waals surface area contributed by atoms with Crippen LogP contribution in [-0.4, -0.2) is 60.8 Å². The first-order valence-electron chi connectivity index (χ1n) is 10.6. The molecule has 3 heterocycles. The van der Waals surface area contributed by atoms with Gasteiger partial charge in [-0.15, -0.1) is 0 Å². The monoisotopic (exact) mass is 444 g/mol. The fraction of sp³-hybridized carbons (Fsp3) is 0.391. The van der Waals surface area contributed by atoms with Gasteiger partial charge in [-0.2, -0.15) is 0 Å². The molecule has 170 valence electrons. The van der Waals surface area contributed by atoms with Gasteiger partial charge in [0.05, 0.1) is 29.8 Å². The summed E-state index contributed by atoms with van der Waals surface area (Å²) in [7, 11) is 2.02. The molecule has 0 spiro atoms. The molecule has 1 fully saturated rings. The largest absolute Gasteiger partial charge is 0.463 e. The van der Waals surface area contributed by atoms with Gasteiger partial charge in [-0.05, 0) is 44.7 Å². The molecule has 0 bridgehead atoms. The van der Waals surface area contributed by atoms with Gasteiger partial charge in [0.1, 0.15) is 23.6 Å². The van der Waals surface area contributed by atoms with Gasteiger partial charge in [0.2, 0.25) is 0 Å². The van der Waals surface area contributed by atoms with Crippen LogP contribution in [0.4, 0.5) is 26.0 Å². The van der Waals surface area contributed by atoms with E-state index in [9.17, 15) is 14.3 Å². The first-order chi connectivity index (χ1) is 15.3. The number of carbonyl (C=O) groups excluding carboxylic acids is 1. The average Bonchev–Trinajstić information content (AvgIpc) is 2.77. The van der Waals surface area contributed by atoms with Gasteiger partial charge in [0.25, 0.3) is 0 Å². The fourth-order valence-corrected chi connectivity index (χ4v) is 4.11. The summed E-state index contributed by atoms with van der Waals surface area (Å²) in [5, 5.41) is 11.0. The molecule has 1 N–H and O–H groups in total. The van der Waals surface area contributed by atoms with E-state index in [0.29, 0.717) is 30.3 Å². The van der Waals surface area contributed by atoms with Gasteiger partial charge in [-0.25, -0.2) is 18.6 Å². The van der Waals surface area contributed by atoms with Crippen molar-refractivity contribution in [1.82, 2.24) is 9.88 Å². The first-order valence-corrected chi connectivity index (χ1v) is 10.6. The maximum atomic E-state index is 15.5. The molecule has 32 heavy (non-hydrogen) atoms. The first kappa shape index (κ1) is 22.2. The molecule has 1 unspecified atom stereocenters. The molecule has 0 amide bonds. The number of hydrogen-bond acceptors (Lipinski definition) is 7. The third-order valence-corrected chi connectivity index (χ3v) is 5.92. The second kappa shape index (κ2) is 8.84. The number of likely N-dealkylation sites (N-methyl/N-ethyl adjacent to an activating group) is 1. The van der Waals surface area contributed by atoms with Crippen molar-refractivity contribution in [3.05, 3.63) is 58.9 Å². The lowest BCUT2D eigenvalue weighted by atomic mass is 9.91. The predicted molar refractivity (Wildman–Crippen MR) is 117 cm³/mol. The Balaban J connectivity index is 1.87. The van der Waals surface area contributed by atoms with E-state index >= 15 is 4.39 Å². The van der Waals surface area contributed by atoms with Crippen LogP contribution in [-0.2, 0) is 9.53 Å². The van der Waals surface area contributed by atoms with Crippen molar-refractivity contribution in [3.8, 4) is 0 Å². The minimum absolute atomic E-state index is 0.0414. The molecule has 1 aromatic carbocycles. The molecular weight excluding hydrogens is 418 g/mol. The third kappa shape index (κ3) is 3.93. The fourth-order valence-electron chi connectivity index (χ4n) is 4.11. The number of aliphatic hydroxyl groups is 1. The second-order valence-electron chi connectivity index (χ2n) is 7.97. The lowest BCUT2D eigenvalue weighted by molar-refractivity contribution is -0.139. The number of aliphatic hydroxyl groups excluding tert-OH is 1. The molecule has 7 nitrogen and oxygen atoms in total. The zero-order valence-electron chi connectivity index (χ0n) is 18.3. The number of benzene rings is 1. The summed E-state index contributed by atoms with van der Waals surface area (Å²) >= 11 is 0. The second-order valence-corrected chi connectivity index (χ2v) is 7.97. The Labute approximate surface area is 185 Å². The van der Waals surface area contributed by atoms with E-state index in [2.05, 4.69) is 9.88 Å². The lowest BCUT2D eigenvalue weighted by Crippen LogP contribution is -2.45. The molecule has 0 saturated carbocycles. The van der Waals surface area contributed by atoms with Crippen molar-refractivity contribution in [2.75, 3.05) is 49.6 Å². The minimum atomic E-state index is -1.36. The zero-order valence-corrected chi connectivity index (χ0v) is 18.3. The van der Waals surface area contributed by atoms with Crippen molar-refractivity contribution in [2.45, 2.75) is 20.0 Å². The van der Waals surface area contributed by atoms with E-state index in [1.807, 2.05) is 11.9 Å². The SMILES string of the molecule is CCOC(=O)C1=CN(c2ccc(F)cn2)c2cc(N3CCN(C)CC3)c(F)c(C)c2C1O. The molecule has 1 atom stereocenters. The number of pyridine rings is 1. The standard InChI is InChI=1S/C23H26F2N4O3/c1-4-32-23(31)16-13-29(19-6-5-15(24)12-26-19)17-11-18(28-9-7-27(3)8-10-28)21(25)14(2)20(17)22(16)30/h5-6,11-13,22,30H,4,7-10H2,1-3H3. The van der Waals surface area contributed by atoms with Crippen molar-refractivity contribution in [2.24, 2.45) is 0 Å². The summed E-state index contributed by atoms with van der Waals surface area (Å²) in [5.41, 5.74) is 1.36. The molecule has 2 aromatic rings. The highest BCUT2D eigenvalue weighted by atomic mass is 19.1. The summed E-state index contributed by atoms with van der Waals surface area (Å²) in [4.78, 5) is 22.4. The third-order valence-electron chi connectivity index (χ3n) is 5.92. The van der Waals surface area contributed by atoms with E-state index in [0.717, 1.165) is 19.3 Å². The maximum absolute atomic E-state index is 15.5. The molecule has 9 heteroatoms. The summed E-state index contributed by atoms with van der Waals surface area (Å²) in [6.45, 7) is 6.29. The van der Waals surface area contributed by atoms with Crippen LogP contribution in [0.25, 0.3) is 0 Å². The normalized spacial score (nSPS) is 18.9. The Bertz CT molecular complexity index is 1050. The van der Waals surface area contributed by atoms with Gasteiger partial charge >= 0.3 is 5.97 Å².